The van der Waals surface area contributed by atoms with Gasteiger partial charge < -0.3 is 10.2 Å². The number of carboxylic acid groups (broad SMARTS) is 1. The van der Waals surface area contributed by atoms with E-state index in [9.17, 15) is 23.1 Å². The van der Waals surface area contributed by atoms with E-state index in [1.165, 1.54) is 18.2 Å². The number of aromatic hydroxyl groups is 1. The van der Waals surface area contributed by atoms with E-state index in [2.05, 4.69) is 0 Å². The Balaban J connectivity index is 2.71. The first-order valence-corrected chi connectivity index (χ1v) is 6.01. The Kier molecular flexibility index (Phi) is 3.82. The van der Waals surface area contributed by atoms with E-state index >= 15 is 0 Å². The van der Waals surface area contributed by atoms with Crippen LogP contribution in [0.3, 0.4) is 0 Å². The molecule has 0 saturated carbocycles. The highest BCUT2D eigenvalue weighted by Gasteiger charge is 2.32. The number of hydrogen-bond acceptors (Lipinski definition) is 2. The molecule has 0 fully saturated rings. The molecule has 0 amide bonds. The summed E-state index contributed by atoms with van der Waals surface area (Å²) in [7, 11) is 0. The Hall–Kier alpha value is -2.21. The predicted octanol–water partition coefficient (Wildman–Crippen LogP) is 4.43. The van der Waals surface area contributed by atoms with Crippen LogP contribution in [0.2, 0.25) is 5.02 Å². The number of hydrogen-bond donors (Lipinski definition) is 2. The molecule has 0 spiro atoms. The van der Waals surface area contributed by atoms with Crippen LogP contribution in [0.15, 0.2) is 36.4 Å². The molecule has 0 saturated heterocycles. The molecule has 0 aromatic heterocycles. The summed E-state index contributed by atoms with van der Waals surface area (Å²) in [6.07, 6.45) is -4.69. The van der Waals surface area contributed by atoms with E-state index in [1.807, 2.05) is 0 Å². The smallest absolute Gasteiger partial charge is 0.416 e. The van der Waals surface area contributed by atoms with Crippen LogP contribution in [0, 0.1) is 0 Å². The molecule has 2 aromatic carbocycles. The number of phenolic OH excluding ortho intramolecular Hbond substituents is 1. The van der Waals surface area contributed by atoms with Gasteiger partial charge in [0.25, 0.3) is 0 Å². The molecular weight excluding hydrogens is 309 g/mol. The van der Waals surface area contributed by atoms with Gasteiger partial charge in [-0.1, -0.05) is 11.6 Å². The van der Waals surface area contributed by atoms with Gasteiger partial charge in [-0.25, -0.2) is 4.79 Å². The Labute approximate surface area is 122 Å². The normalized spacial score (nSPS) is 11.4. The minimum absolute atomic E-state index is 0.0388. The third-order valence-corrected chi connectivity index (χ3v) is 3.10. The summed E-state index contributed by atoms with van der Waals surface area (Å²) in [5.74, 6) is -1.68. The van der Waals surface area contributed by atoms with Crippen LogP contribution in [-0.2, 0) is 6.18 Å². The first-order valence-electron chi connectivity index (χ1n) is 5.63. The van der Waals surface area contributed by atoms with Gasteiger partial charge >= 0.3 is 12.1 Å². The molecule has 0 atom stereocenters. The summed E-state index contributed by atoms with van der Waals surface area (Å²) in [5.41, 5.74) is -1.54. The van der Waals surface area contributed by atoms with Crippen LogP contribution in [0.1, 0.15) is 15.9 Å². The number of carbonyl (C=O) groups is 1. The van der Waals surface area contributed by atoms with Gasteiger partial charge in [-0.15, -0.1) is 0 Å². The summed E-state index contributed by atoms with van der Waals surface area (Å²) in [6.45, 7) is 0. The highest BCUT2D eigenvalue weighted by atomic mass is 35.5. The number of phenols is 1. The number of aromatic carboxylic acids is 1. The maximum Gasteiger partial charge on any atom is 0.416 e. The molecule has 0 aliphatic carbocycles. The third-order valence-electron chi connectivity index (χ3n) is 2.77. The largest absolute Gasteiger partial charge is 0.508 e. The quantitative estimate of drug-likeness (QED) is 0.861. The second-order valence-corrected chi connectivity index (χ2v) is 4.67. The lowest BCUT2D eigenvalue weighted by Gasteiger charge is -2.12. The number of alkyl halides is 3. The number of carboxylic acids is 1. The fraction of sp³-hybridized carbons (Fsp3) is 0.0714. The Morgan fingerprint density at radius 2 is 1.76 bits per heavy atom. The van der Waals surface area contributed by atoms with Crippen molar-refractivity contribution in [3.05, 3.63) is 52.5 Å². The predicted molar refractivity (Wildman–Crippen MR) is 70.5 cm³/mol. The Morgan fingerprint density at radius 1 is 1.10 bits per heavy atom. The molecule has 0 bridgehead atoms. The average Bonchev–Trinajstić information content (AvgIpc) is 2.40. The van der Waals surface area contributed by atoms with E-state index < -0.39 is 23.3 Å². The molecule has 0 aliphatic rings. The number of benzene rings is 2. The van der Waals surface area contributed by atoms with Gasteiger partial charge in [0.2, 0.25) is 0 Å². The summed E-state index contributed by atoms with van der Waals surface area (Å²) in [5, 5.41) is 18.4. The molecule has 7 heteroatoms. The van der Waals surface area contributed by atoms with Crippen molar-refractivity contribution in [1.82, 2.24) is 0 Å². The molecule has 0 aliphatic heterocycles. The van der Waals surface area contributed by atoms with Gasteiger partial charge in [0.15, 0.2) is 0 Å². The van der Waals surface area contributed by atoms with Crippen LogP contribution in [0.25, 0.3) is 11.1 Å². The highest BCUT2D eigenvalue weighted by Crippen LogP contribution is 2.36. The number of halogens is 4. The third kappa shape index (κ3) is 3.28. The van der Waals surface area contributed by atoms with Crippen molar-refractivity contribution in [2.24, 2.45) is 0 Å². The van der Waals surface area contributed by atoms with Crippen molar-refractivity contribution < 1.29 is 28.2 Å². The van der Waals surface area contributed by atoms with Crippen LogP contribution in [-0.4, -0.2) is 16.2 Å². The highest BCUT2D eigenvalue weighted by molar-refractivity contribution is 6.33. The Morgan fingerprint density at radius 3 is 2.33 bits per heavy atom. The first kappa shape index (κ1) is 15.2. The minimum atomic E-state index is -4.69. The summed E-state index contributed by atoms with van der Waals surface area (Å²) < 4.78 is 38.5. The van der Waals surface area contributed by atoms with E-state index in [0.29, 0.717) is 6.07 Å². The van der Waals surface area contributed by atoms with Gasteiger partial charge in [0.1, 0.15) is 5.75 Å². The van der Waals surface area contributed by atoms with E-state index in [0.717, 1.165) is 12.1 Å². The lowest BCUT2D eigenvalue weighted by Crippen LogP contribution is -2.08. The molecule has 110 valence electrons. The Bertz CT molecular complexity index is 711. The molecule has 21 heavy (non-hydrogen) atoms. The monoisotopic (exact) mass is 316 g/mol. The molecule has 2 N–H and O–H groups in total. The van der Waals surface area contributed by atoms with E-state index in [4.69, 9.17) is 16.7 Å². The summed E-state index contributed by atoms with van der Waals surface area (Å²) in [4.78, 5) is 11.0. The molecular formula is C14H8ClF3O3. The van der Waals surface area contributed by atoms with Gasteiger partial charge in [-0.2, -0.15) is 13.2 Å². The van der Waals surface area contributed by atoms with Gasteiger partial charge in [-0.3, -0.25) is 0 Å². The van der Waals surface area contributed by atoms with Crippen molar-refractivity contribution in [2.45, 2.75) is 6.18 Å². The van der Waals surface area contributed by atoms with Crippen molar-refractivity contribution >= 4 is 17.6 Å². The molecule has 0 heterocycles. The molecule has 0 unspecified atom stereocenters. The van der Waals surface area contributed by atoms with Crippen molar-refractivity contribution in [2.75, 3.05) is 0 Å². The molecule has 0 radical (unpaired) electrons. The van der Waals surface area contributed by atoms with Gasteiger partial charge in [0.05, 0.1) is 11.1 Å². The van der Waals surface area contributed by atoms with Crippen LogP contribution >= 0.6 is 11.6 Å². The zero-order valence-electron chi connectivity index (χ0n) is 10.3. The molecule has 3 nitrogen and oxygen atoms in total. The van der Waals surface area contributed by atoms with Crippen molar-refractivity contribution in [3.8, 4) is 16.9 Å². The van der Waals surface area contributed by atoms with Crippen molar-refractivity contribution in [1.29, 1.82) is 0 Å². The zero-order valence-corrected chi connectivity index (χ0v) is 11.0. The lowest BCUT2D eigenvalue weighted by molar-refractivity contribution is -0.137. The van der Waals surface area contributed by atoms with E-state index in [-0.39, 0.29) is 21.9 Å². The molecule has 2 aromatic rings. The minimum Gasteiger partial charge on any atom is -0.508 e. The molecule has 2 rings (SSSR count). The maximum absolute atomic E-state index is 12.8. The lowest BCUT2D eigenvalue weighted by atomic mass is 9.99. The van der Waals surface area contributed by atoms with Crippen LogP contribution < -0.4 is 0 Å². The standard InChI is InChI=1S/C14H8ClF3O3/c15-12-2-1-10(19)6-11(12)7-3-8(13(20)21)5-9(4-7)14(16,17)18/h1-6,19H,(H,20,21). The van der Waals surface area contributed by atoms with Gasteiger partial charge in [-0.05, 0) is 42.0 Å². The summed E-state index contributed by atoms with van der Waals surface area (Å²) >= 11 is 5.89. The summed E-state index contributed by atoms with van der Waals surface area (Å²) in [6, 6.07) is 6.15. The number of rotatable bonds is 2. The second kappa shape index (κ2) is 5.29. The van der Waals surface area contributed by atoms with Crippen LogP contribution in [0.4, 0.5) is 13.2 Å². The van der Waals surface area contributed by atoms with Crippen LogP contribution in [0.5, 0.6) is 5.75 Å². The van der Waals surface area contributed by atoms with Gasteiger partial charge in [0, 0.05) is 10.6 Å². The SMILES string of the molecule is O=C(O)c1cc(-c2cc(O)ccc2Cl)cc(C(F)(F)F)c1. The van der Waals surface area contributed by atoms with E-state index in [1.54, 1.807) is 0 Å². The fourth-order valence-electron chi connectivity index (χ4n) is 1.80. The topological polar surface area (TPSA) is 57.5 Å². The maximum atomic E-state index is 12.8. The fourth-order valence-corrected chi connectivity index (χ4v) is 2.03. The van der Waals surface area contributed by atoms with Crippen molar-refractivity contribution in [3.63, 3.8) is 0 Å². The first-order chi connectivity index (χ1) is 9.68. The second-order valence-electron chi connectivity index (χ2n) is 4.27. The average molecular weight is 317 g/mol. The zero-order chi connectivity index (χ0) is 15.8.